The van der Waals surface area contributed by atoms with E-state index in [4.69, 9.17) is 0 Å². The molecule has 0 fully saturated rings. The number of carbonyl (C=O) groups excluding carboxylic acids is 1. The van der Waals surface area contributed by atoms with Gasteiger partial charge in [-0.1, -0.05) is 61.5 Å². The number of benzene rings is 2. The third kappa shape index (κ3) is 3.91. The summed E-state index contributed by atoms with van der Waals surface area (Å²) < 4.78 is 0. The van der Waals surface area contributed by atoms with E-state index in [1.807, 2.05) is 42.5 Å². The van der Waals surface area contributed by atoms with Gasteiger partial charge in [0.05, 0.1) is 6.04 Å². The van der Waals surface area contributed by atoms with Gasteiger partial charge in [-0.05, 0) is 42.2 Å². The maximum atomic E-state index is 12.8. The number of amides is 1. The van der Waals surface area contributed by atoms with Crippen molar-refractivity contribution in [3.8, 4) is 0 Å². The van der Waals surface area contributed by atoms with E-state index in [0.29, 0.717) is 0 Å². The van der Waals surface area contributed by atoms with Crippen LogP contribution in [0.1, 0.15) is 45.7 Å². The number of carbonyl (C=O) groups is 1. The van der Waals surface area contributed by atoms with E-state index >= 15 is 0 Å². The van der Waals surface area contributed by atoms with Gasteiger partial charge in [0.25, 0.3) is 11.5 Å². The average Bonchev–Trinajstić information content (AvgIpc) is 2.66. The summed E-state index contributed by atoms with van der Waals surface area (Å²) in [6.07, 6.45) is 0.918. The van der Waals surface area contributed by atoms with Crippen molar-refractivity contribution in [1.29, 1.82) is 0 Å². The van der Waals surface area contributed by atoms with E-state index in [1.165, 1.54) is 5.56 Å². The smallest absolute Gasteiger partial charge is 0.260 e. The maximum Gasteiger partial charge on any atom is 0.260 e. The lowest BCUT2D eigenvalue weighted by Gasteiger charge is -2.20. The van der Waals surface area contributed by atoms with Crippen LogP contribution in [0.4, 0.5) is 0 Å². The molecule has 0 saturated carbocycles. The van der Waals surface area contributed by atoms with Crippen LogP contribution < -0.4 is 10.9 Å². The molecule has 4 nitrogen and oxygen atoms in total. The minimum absolute atomic E-state index is 0.114. The molecule has 2 aromatic carbocycles. The van der Waals surface area contributed by atoms with E-state index in [2.05, 4.69) is 29.4 Å². The van der Waals surface area contributed by atoms with Gasteiger partial charge in [0.15, 0.2) is 0 Å². The van der Waals surface area contributed by atoms with Crippen molar-refractivity contribution in [2.45, 2.75) is 26.3 Å². The highest BCUT2D eigenvalue weighted by Gasteiger charge is 2.19. The molecule has 2 N–H and O–H groups in total. The zero-order chi connectivity index (χ0) is 18.5. The molecule has 1 heterocycles. The minimum atomic E-state index is -0.387. The second-order valence-corrected chi connectivity index (χ2v) is 6.30. The zero-order valence-corrected chi connectivity index (χ0v) is 15.0. The van der Waals surface area contributed by atoms with Gasteiger partial charge in [-0.25, -0.2) is 0 Å². The summed E-state index contributed by atoms with van der Waals surface area (Å²) in [5.41, 5.74) is 3.62. The van der Waals surface area contributed by atoms with E-state index in [9.17, 15) is 9.59 Å². The molecule has 1 unspecified atom stereocenters. The number of hydrogen-bond donors (Lipinski definition) is 2. The van der Waals surface area contributed by atoms with Gasteiger partial charge in [-0.3, -0.25) is 9.59 Å². The molecule has 1 atom stereocenters. The summed E-state index contributed by atoms with van der Waals surface area (Å²) in [5, 5.41) is 3.02. The summed E-state index contributed by atoms with van der Waals surface area (Å²) in [6, 6.07) is 20.9. The molecule has 0 aliphatic heterocycles. The molecule has 3 aromatic rings. The topological polar surface area (TPSA) is 62.0 Å². The van der Waals surface area contributed by atoms with Crippen molar-refractivity contribution in [3.05, 3.63) is 105 Å². The first-order valence-electron chi connectivity index (χ1n) is 8.73. The van der Waals surface area contributed by atoms with Gasteiger partial charge in [-0.2, -0.15) is 0 Å². The summed E-state index contributed by atoms with van der Waals surface area (Å²) in [6.45, 7) is 3.88. The van der Waals surface area contributed by atoms with Gasteiger partial charge in [0.2, 0.25) is 0 Å². The number of aromatic amines is 1. The molecule has 1 amide bonds. The van der Waals surface area contributed by atoms with Crippen LogP contribution in [0.25, 0.3) is 0 Å². The fraction of sp³-hybridized carbons (Fsp3) is 0.182. The Bertz CT molecular complexity index is 961. The van der Waals surface area contributed by atoms with E-state index in [-0.39, 0.29) is 23.1 Å². The lowest BCUT2D eigenvalue weighted by atomic mass is 9.96. The summed E-state index contributed by atoms with van der Waals surface area (Å²) in [7, 11) is 0. The lowest BCUT2D eigenvalue weighted by Crippen LogP contribution is -2.33. The van der Waals surface area contributed by atoms with Crippen molar-refractivity contribution in [2.75, 3.05) is 0 Å². The second-order valence-electron chi connectivity index (χ2n) is 6.30. The fourth-order valence-electron chi connectivity index (χ4n) is 2.96. The van der Waals surface area contributed by atoms with Crippen LogP contribution in [-0.4, -0.2) is 10.9 Å². The molecule has 0 spiro atoms. The van der Waals surface area contributed by atoms with Gasteiger partial charge < -0.3 is 10.3 Å². The molecule has 132 valence electrons. The summed E-state index contributed by atoms with van der Waals surface area (Å²) in [4.78, 5) is 27.6. The average molecular weight is 346 g/mol. The SMILES string of the molecule is CCc1cccc(C(NC(=O)c2ccc(C)[nH]c2=O)c2ccccc2)c1. The molecular weight excluding hydrogens is 324 g/mol. The summed E-state index contributed by atoms with van der Waals surface area (Å²) in [5.74, 6) is -0.387. The molecule has 26 heavy (non-hydrogen) atoms. The van der Waals surface area contributed by atoms with Crippen LogP contribution >= 0.6 is 0 Å². The number of pyridine rings is 1. The normalized spacial score (nSPS) is 11.8. The molecule has 0 aliphatic rings. The highest BCUT2D eigenvalue weighted by Crippen LogP contribution is 2.23. The Morgan fingerprint density at radius 3 is 2.42 bits per heavy atom. The Labute approximate surface area is 152 Å². The van der Waals surface area contributed by atoms with Crippen molar-refractivity contribution in [2.24, 2.45) is 0 Å². The summed E-state index contributed by atoms with van der Waals surface area (Å²) >= 11 is 0. The van der Waals surface area contributed by atoms with Crippen LogP contribution in [0, 0.1) is 6.92 Å². The highest BCUT2D eigenvalue weighted by atomic mass is 16.2. The number of H-pyrrole nitrogens is 1. The molecule has 0 bridgehead atoms. The van der Waals surface area contributed by atoms with Crippen molar-refractivity contribution < 1.29 is 4.79 Å². The fourth-order valence-corrected chi connectivity index (χ4v) is 2.96. The maximum absolute atomic E-state index is 12.8. The van der Waals surface area contributed by atoms with Crippen LogP contribution in [0.3, 0.4) is 0 Å². The van der Waals surface area contributed by atoms with Gasteiger partial charge in [-0.15, -0.1) is 0 Å². The minimum Gasteiger partial charge on any atom is -0.341 e. The predicted octanol–water partition coefficient (Wildman–Crippen LogP) is 3.77. The highest BCUT2D eigenvalue weighted by molar-refractivity contribution is 5.94. The molecular formula is C22H22N2O2. The predicted molar refractivity (Wildman–Crippen MR) is 103 cm³/mol. The Hall–Kier alpha value is -3.14. The Kier molecular flexibility index (Phi) is 5.32. The molecule has 4 heteroatoms. The largest absolute Gasteiger partial charge is 0.341 e. The first-order chi connectivity index (χ1) is 12.6. The van der Waals surface area contributed by atoms with Crippen molar-refractivity contribution in [3.63, 3.8) is 0 Å². The molecule has 3 rings (SSSR count). The molecule has 0 radical (unpaired) electrons. The van der Waals surface area contributed by atoms with Crippen molar-refractivity contribution in [1.82, 2.24) is 10.3 Å². The standard InChI is InChI=1S/C22H22N2O2/c1-3-16-8-7-11-18(14-16)20(17-9-5-4-6-10-17)24-22(26)19-13-12-15(2)23-21(19)25/h4-14,20H,3H2,1-2H3,(H,23,25)(H,24,26). The third-order valence-electron chi connectivity index (χ3n) is 4.40. The number of rotatable bonds is 5. The zero-order valence-electron chi connectivity index (χ0n) is 15.0. The molecule has 0 aliphatic carbocycles. The van der Waals surface area contributed by atoms with E-state index < -0.39 is 0 Å². The molecule has 0 saturated heterocycles. The Morgan fingerprint density at radius 1 is 1.00 bits per heavy atom. The van der Waals surface area contributed by atoms with Crippen LogP contribution in [-0.2, 0) is 6.42 Å². The van der Waals surface area contributed by atoms with Crippen LogP contribution in [0.2, 0.25) is 0 Å². The van der Waals surface area contributed by atoms with Crippen LogP contribution in [0.5, 0.6) is 0 Å². The van der Waals surface area contributed by atoms with E-state index in [0.717, 1.165) is 23.2 Å². The third-order valence-corrected chi connectivity index (χ3v) is 4.40. The Morgan fingerprint density at radius 2 is 1.73 bits per heavy atom. The van der Waals surface area contributed by atoms with Gasteiger partial charge in [0, 0.05) is 5.69 Å². The van der Waals surface area contributed by atoms with E-state index in [1.54, 1.807) is 19.1 Å². The monoisotopic (exact) mass is 346 g/mol. The first-order valence-corrected chi connectivity index (χ1v) is 8.73. The molecule has 1 aromatic heterocycles. The number of aromatic nitrogens is 1. The number of hydrogen-bond acceptors (Lipinski definition) is 2. The quantitative estimate of drug-likeness (QED) is 0.739. The number of aryl methyl sites for hydroxylation is 2. The Balaban J connectivity index is 1.98. The number of nitrogens with one attached hydrogen (secondary N) is 2. The van der Waals surface area contributed by atoms with Crippen molar-refractivity contribution >= 4 is 5.91 Å². The van der Waals surface area contributed by atoms with Crippen LogP contribution in [0.15, 0.2) is 71.5 Å². The lowest BCUT2D eigenvalue weighted by molar-refractivity contribution is 0.0941. The van der Waals surface area contributed by atoms with Gasteiger partial charge >= 0.3 is 0 Å². The second kappa shape index (κ2) is 7.83. The first kappa shape index (κ1) is 17.7. The van der Waals surface area contributed by atoms with Gasteiger partial charge in [0.1, 0.15) is 5.56 Å².